The number of ketones is 1. The van der Waals surface area contributed by atoms with E-state index < -0.39 is 11.3 Å². The van der Waals surface area contributed by atoms with Crippen molar-refractivity contribution in [3.63, 3.8) is 0 Å². The summed E-state index contributed by atoms with van der Waals surface area (Å²) in [5.41, 5.74) is 0. The first-order valence-electron chi connectivity index (χ1n) is 4.58. The molecule has 0 fully saturated rings. The van der Waals surface area contributed by atoms with Crippen molar-refractivity contribution in [2.45, 2.75) is 18.7 Å². The second-order valence-corrected chi connectivity index (χ2v) is 3.35. The summed E-state index contributed by atoms with van der Waals surface area (Å²) >= 11 is 5.61. The van der Waals surface area contributed by atoms with Crippen LogP contribution >= 0.6 is 11.6 Å². The van der Waals surface area contributed by atoms with Crippen molar-refractivity contribution in [2.75, 3.05) is 0 Å². The lowest BCUT2D eigenvalue weighted by Gasteiger charge is -2.07. The predicted octanol–water partition coefficient (Wildman–Crippen LogP) is 2.18. The summed E-state index contributed by atoms with van der Waals surface area (Å²) in [5, 5.41) is -1.21. The molecule has 0 heterocycles. The van der Waals surface area contributed by atoms with Crippen LogP contribution in [0.4, 0.5) is 0 Å². The molecule has 0 N–H and O–H groups in total. The van der Waals surface area contributed by atoms with Gasteiger partial charge in [-0.15, -0.1) is 11.6 Å². The molecule has 1 aromatic rings. The largest absolute Gasteiger partial charge is 0.425 e. The van der Waals surface area contributed by atoms with E-state index in [9.17, 15) is 9.59 Å². The van der Waals surface area contributed by atoms with E-state index >= 15 is 0 Å². The average Bonchev–Trinajstić information content (AvgIpc) is 2.28. The highest BCUT2D eigenvalue weighted by molar-refractivity contribution is 6.41. The number of carbonyl (C=O) groups is 2. The van der Waals surface area contributed by atoms with Gasteiger partial charge in [0.25, 0.3) is 0 Å². The number of alkyl halides is 1. The van der Waals surface area contributed by atoms with Gasteiger partial charge in [-0.2, -0.15) is 0 Å². The van der Waals surface area contributed by atoms with E-state index in [1.54, 1.807) is 37.3 Å². The quantitative estimate of drug-likeness (QED) is 0.342. The molecule has 0 saturated heterocycles. The molecule has 0 saturated carbocycles. The normalized spacial score (nSPS) is 11.9. The van der Waals surface area contributed by atoms with Gasteiger partial charge in [-0.05, 0) is 12.1 Å². The smallest absolute Gasteiger partial charge is 0.337 e. The zero-order valence-electron chi connectivity index (χ0n) is 8.27. The second-order valence-electron chi connectivity index (χ2n) is 2.92. The van der Waals surface area contributed by atoms with E-state index in [0.29, 0.717) is 5.75 Å². The summed E-state index contributed by atoms with van der Waals surface area (Å²) in [6, 6.07) is 8.50. The molecule has 80 valence electrons. The van der Waals surface area contributed by atoms with Crippen molar-refractivity contribution in [2.24, 2.45) is 0 Å². The molecule has 0 aliphatic rings. The molecule has 1 unspecified atom stereocenters. The third-order valence-electron chi connectivity index (χ3n) is 1.80. The van der Waals surface area contributed by atoms with Crippen LogP contribution < -0.4 is 4.74 Å². The van der Waals surface area contributed by atoms with E-state index in [-0.39, 0.29) is 12.2 Å². The number of carbonyl (C=O) groups excluding carboxylic acids is 2. The number of halogens is 1. The number of Topliss-reactive ketones (excluding diaryl/α,β-unsaturated/α-hetero) is 1. The molecular formula is C11H11ClO3. The van der Waals surface area contributed by atoms with Gasteiger partial charge in [-0.25, -0.2) is 4.79 Å². The number of rotatable bonds is 4. The molecule has 0 radical (unpaired) electrons. The SMILES string of the molecule is CCC(=O)C(Cl)C(=O)Oc1ccccc1. The molecule has 3 nitrogen and oxygen atoms in total. The zero-order valence-corrected chi connectivity index (χ0v) is 9.03. The minimum atomic E-state index is -1.21. The first-order chi connectivity index (χ1) is 7.15. The average molecular weight is 227 g/mol. The molecule has 1 aromatic carbocycles. The number of benzene rings is 1. The fourth-order valence-electron chi connectivity index (χ4n) is 0.967. The van der Waals surface area contributed by atoms with Crippen LogP contribution in [0.2, 0.25) is 0 Å². The summed E-state index contributed by atoms with van der Waals surface area (Å²) < 4.78 is 4.91. The van der Waals surface area contributed by atoms with Crippen molar-refractivity contribution in [3.8, 4) is 5.75 Å². The molecule has 1 rings (SSSR count). The summed E-state index contributed by atoms with van der Waals surface area (Å²) in [6.07, 6.45) is 0.220. The lowest BCUT2D eigenvalue weighted by molar-refractivity contribution is -0.137. The van der Waals surface area contributed by atoms with E-state index in [1.165, 1.54) is 0 Å². The maximum atomic E-state index is 11.3. The monoisotopic (exact) mass is 226 g/mol. The van der Waals surface area contributed by atoms with E-state index in [2.05, 4.69) is 0 Å². The van der Waals surface area contributed by atoms with Crippen molar-refractivity contribution >= 4 is 23.4 Å². The third-order valence-corrected chi connectivity index (χ3v) is 2.22. The van der Waals surface area contributed by atoms with Crippen LogP contribution in [0.15, 0.2) is 30.3 Å². The lowest BCUT2D eigenvalue weighted by Crippen LogP contribution is -2.28. The Kier molecular flexibility index (Phi) is 4.31. The summed E-state index contributed by atoms with van der Waals surface area (Å²) in [6.45, 7) is 1.65. The van der Waals surface area contributed by atoms with Gasteiger partial charge >= 0.3 is 5.97 Å². The Morgan fingerprint density at radius 2 is 1.93 bits per heavy atom. The standard InChI is InChI=1S/C11H11ClO3/c1-2-9(13)10(12)11(14)15-8-6-4-3-5-7-8/h3-7,10H,2H2,1H3. The molecule has 0 spiro atoms. The fraction of sp³-hybridized carbons (Fsp3) is 0.273. The van der Waals surface area contributed by atoms with Crippen LogP contribution in [0.3, 0.4) is 0 Å². The van der Waals surface area contributed by atoms with Crippen molar-refractivity contribution in [1.82, 2.24) is 0 Å². The number of ether oxygens (including phenoxy) is 1. The Hall–Kier alpha value is -1.35. The van der Waals surface area contributed by atoms with Crippen molar-refractivity contribution in [1.29, 1.82) is 0 Å². The zero-order chi connectivity index (χ0) is 11.3. The summed E-state index contributed by atoms with van der Waals surface area (Å²) in [7, 11) is 0. The first kappa shape index (κ1) is 11.7. The van der Waals surface area contributed by atoms with Gasteiger partial charge < -0.3 is 4.74 Å². The molecule has 4 heteroatoms. The van der Waals surface area contributed by atoms with E-state index in [0.717, 1.165) is 0 Å². The fourth-order valence-corrected chi connectivity index (χ4v) is 1.17. The number of para-hydroxylation sites is 1. The lowest BCUT2D eigenvalue weighted by atomic mass is 10.2. The Labute approximate surface area is 93.0 Å². The molecule has 0 amide bonds. The van der Waals surface area contributed by atoms with Gasteiger partial charge in [0.2, 0.25) is 0 Å². The van der Waals surface area contributed by atoms with Crippen molar-refractivity contribution in [3.05, 3.63) is 30.3 Å². The molecule has 0 aliphatic heterocycles. The molecule has 1 atom stereocenters. The van der Waals surface area contributed by atoms with E-state index in [1.807, 2.05) is 0 Å². The Morgan fingerprint density at radius 1 is 1.33 bits per heavy atom. The summed E-state index contributed by atoms with van der Waals surface area (Å²) in [5.74, 6) is -0.677. The van der Waals surface area contributed by atoms with E-state index in [4.69, 9.17) is 16.3 Å². The highest BCUT2D eigenvalue weighted by Gasteiger charge is 2.24. The van der Waals surface area contributed by atoms with Crippen LogP contribution in [0.1, 0.15) is 13.3 Å². The Balaban J connectivity index is 2.60. The van der Waals surface area contributed by atoms with Crippen LogP contribution in [0.25, 0.3) is 0 Å². The summed E-state index contributed by atoms with van der Waals surface area (Å²) in [4.78, 5) is 22.4. The van der Waals surface area contributed by atoms with Crippen molar-refractivity contribution < 1.29 is 14.3 Å². The minimum Gasteiger partial charge on any atom is -0.425 e. The van der Waals surface area contributed by atoms with Crippen LogP contribution in [-0.2, 0) is 9.59 Å². The Bertz CT molecular complexity index is 348. The molecule has 0 aliphatic carbocycles. The first-order valence-corrected chi connectivity index (χ1v) is 5.02. The van der Waals surface area contributed by atoms with Gasteiger partial charge in [0.1, 0.15) is 5.75 Å². The minimum absolute atomic E-state index is 0.220. The number of hydrogen-bond acceptors (Lipinski definition) is 3. The maximum Gasteiger partial charge on any atom is 0.337 e. The highest BCUT2D eigenvalue weighted by Crippen LogP contribution is 2.11. The van der Waals surface area contributed by atoms with Gasteiger partial charge in [0, 0.05) is 6.42 Å². The van der Waals surface area contributed by atoms with Gasteiger partial charge in [-0.3, -0.25) is 4.79 Å². The topological polar surface area (TPSA) is 43.4 Å². The van der Waals surface area contributed by atoms with Crippen LogP contribution in [0, 0.1) is 0 Å². The van der Waals surface area contributed by atoms with Gasteiger partial charge in [0.15, 0.2) is 11.2 Å². The predicted molar refractivity (Wildman–Crippen MR) is 57.0 cm³/mol. The van der Waals surface area contributed by atoms with Crippen LogP contribution in [0.5, 0.6) is 5.75 Å². The van der Waals surface area contributed by atoms with Gasteiger partial charge in [-0.1, -0.05) is 25.1 Å². The molecular weight excluding hydrogens is 216 g/mol. The third kappa shape index (κ3) is 3.36. The molecule has 0 bridgehead atoms. The molecule has 0 aromatic heterocycles. The number of hydrogen-bond donors (Lipinski definition) is 0. The van der Waals surface area contributed by atoms with Crippen LogP contribution in [-0.4, -0.2) is 17.1 Å². The van der Waals surface area contributed by atoms with Gasteiger partial charge in [0.05, 0.1) is 0 Å². The molecule has 15 heavy (non-hydrogen) atoms. The second kappa shape index (κ2) is 5.51. The highest BCUT2D eigenvalue weighted by atomic mass is 35.5. The Morgan fingerprint density at radius 3 is 2.47 bits per heavy atom. The number of esters is 1. The maximum absolute atomic E-state index is 11.3.